The Labute approximate surface area is 90.6 Å². The van der Waals surface area contributed by atoms with Gasteiger partial charge in [-0.1, -0.05) is 6.07 Å². The molecule has 16 heavy (non-hydrogen) atoms. The fraction of sp³-hybridized carbons (Fsp3) is 0.0909. The van der Waals surface area contributed by atoms with Gasteiger partial charge in [-0.2, -0.15) is 0 Å². The number of hydrogen-bond donors (Lipinski definition) is 2. The lowest BCUT2D eigenvalue weighted by Crippen LogP contribution is -2.02. The minimum atomic E-state index is -1.14. The van der Waals surface area contributed by atoms with Crippen molar-refractivity contribution in [3.05, 3.63) is 41.2 Å². The van der Waals surface area contributed by atoms with Gasteiger partial charge in [-0.15, -0.1) is 0 Å². The van der Waals surface area contributed by atoms with Crippen LogP contribution in [0.5, 0.6) is 0 Å². The van der Waals surface area contributed by atoms with Gasteiger partial charge in [0.25, 0.3) is 0 Å². The second kappa shape index (κ2) is 5.06. The molecule has 0 atom stereocenters. The Morgan fingerprint density at radius 2 is 2.00 bits per heavy atom. The molecular formula is C11H9FO4. The number of hydrogen-bond acceptors (Lipinski definition) is 2. The molecule has 1 rings (SSSR count). The minimum Gasteiger partial charge on any atom is -0.481 e. The van der Waals surface area contributed by atoms with Crippen LogP contribution in [0.2, 0.25) is 0 Å². The normalized spacial score (nSPS) is 10.6. The fourth-order valence-corrected chi connectivity index (χ4v) is 1.16. The van der Waals surface area contributed by atoms with Gasteiger partial charge in [0.1, 0.15) is 5.82 Å². The van der Waals surface area contributed by atoms with Crippen molar-refractivity contribution in [2.45, 2.75) is 6.42 Å². The molecule has 0 radical (unpaired) electrons. The summed E-state index contributed by atoms with van der Waals surface area (Å²) in [7, 11) is 0. The van der Waals surface area contributed by atoms with E-state index in [1.165, 1.54) is 18.2 Å². The molecule has 0 saturated heterocycles. The number of aliphatic carboxylic acids is 2. The summed E-state index contributed by atoms with van der Waals surface area (Å²) in [5.74, 6) is -2.88. The summed E-state index contributed by atoms with van der Waals surface area (Å²) in [5, 5.41) is 16.9. The van der Waals surface area contributed by atoms with Crippen LogP contribution in [-0.2, 0) is 16.0 Å². The van der Waals surface area contributed by atoms with Gasteiger partial charge < -0.3 is 10.2 Å². The quantitative estimate of drug-likeness (QED) is 0.761. The maximum atomic E-state index is 13.1. The smallest absolute Gasteiger partial charge is 0.328 e. The van der Waals surface area contributed by atoms with E-state index < -0.39 is 24.2 Å². The maximum Gasteiger partial charge on any atom is 0.328 e. The lowest BCUT2D eigenvalue weighted by Gasteiger charge is -2.01. The molecule has 1 aromatic carbocycles. The molecule has 4 nitrogen and oxygen atoms in total. The van der Waals surface area contributed by atoms with Crippen molar-refractivity contribution in [1.29, 1.82) is 0 Å². The summed E-state index contributed by atoms with van der Waals surface area (Å²) < 4.78 is 13.1. The average molecular weight is 224 g/mol. The SMILES string of the molecule is O=C(O)C=Cc1ccc(F)c(CC(=O)O)c1. The van der Waals surface area contributed by atoms with Crippen LogP contribution in [0, 0.1) is 5.82 Å². The predicted octanol–water partition coefficient (Wildman–Crippen LogP) is 1.55. The number of rotatable bonds is 4. The van der Waals surface area contributed by atoms with E-state index in [1.807, 2.05) is 0 Å². The van der Waals surface area contributed by atoms with Crippen LogP contribution < -0.4 is 0 Å². The Kier molecular flexibility index (Phi) is 3.77. The summed E-state index contributed by atoms with van der Waals surface area (Å²) in [6.45, 7) is 0. The maximum absolute atomic E-state index is 13.1. The van der Waals surface area contributed by atoms with E-state index in [4.69, 9.17) is 10.2 Å². The third-order valence-corrected chi connectivity index (χ3v) is 1.83. The summed E-state index contributed by atoms with van der Waals surface area (Å²) >= 11 is 0. The Bertz CT molecular complexity index is 451. The number of benzene rings is 1. The van der Waals surface area contributed by atoms with Crippen LogP contribution >= 0.6 is 0 Å². The van der Waals surface area contributed by atoms with E-state index in [1.54, 1.807) is 0 Å². The summed E-state index contributed by atoms with van der Waals surface area (Å²) in [6, 6.07) is 3.79. The molecule has 0 spiro atoms. The standard InChI is InChI=1S/C11H9FO4/c12-9-3-1-7(2-4-10(13)14)5-8(9)6-11(15)16/h1-5H,6H2,(H,13,14)(H,15,16). The summed E-state index contributed by atoms with van der Waals surface area (Å²) in [5.41, 5.74) is 0.472. The number of carboxylic acid groups (broad SMARTS) is 2. The van der Waals surface area contributed by atoms with Gasteiger partial charge >= 0.3 is 11.9 Å². The number of carbonyl (C=O) groups is 2. The zero-order valence-corrected chi connectivity index (χ0v) is 8.18. The van der Waals surface area contributed by atoms with Crippen molar-refractivity contribution < 1.29 is 24.2 Å². The second-order valence-electron chi connectivity index (χ2n) is 3.09. The third-order valence-electron chi connectivity index (χ3n) is 1.83. The van der Waals surface area contributed by atoms with Crippen molar-refractivity contribution in [1.82, 2.24) is 0 Å². The highest BCUT2D eigenvalue weighted by Gasteiger charge is 2.06. The molecule has 0 aliphatic carbocycles. The van der Waals surface area contributed by atoms with Gasteiger partial charge in [0, 0.05) is 6.08 Å². The number of carboxylic acids is 2. The van der Waals surface area contributed by atoms with Crippen LogP contribution in [-0.4, -0.2) is 22.2 Å². The lowest BCUT2D eigenvalue weighted by atomic mass is 10.1. The van der Waals surface area contributed by atoms with E-state index in [9.17, 15) is 14.0 Å². The minimum absolute atomic E-state index is 0.0278. The molecule has 0 aromatic heterocycles. The first-order valence-electron chi connectivity index (χ1n) is 4.40. The average Bonchev–Trinajstić information content (AvgIpc) is 2.18. The first-order valence-corrected chi connectivity index (χ1v) is 4.40. The molecule has 0 unspecified atom stereocenters. The van der Waals surface area contributed by atoms with E-state index in [2.05, 4.69) is 0 Å². The summed E-state index contributed by atoms with van der Waals surface area (Å²) in [6.07, 6.45) is 1.74. The van der Waals surface area contributed by atoms with Gasteiger partial charge in [0.2, 0.25) is 0 Å². The van der Waals surface area contributed by atoms with Crippen LogP contribution in [0.25, 0.3) is 6.08 Å². The third kappa shape index (κ3) is 3.53. The first-order chi connectivity index (χ1) is 7.49. The molecule has 2 N–H and O–H groups in total. The van der Waals surface area contributed by atoms with Gasteiger partial charge in [-0.3, -0.25) is 4.79 Å². The Balaban J connectivity index is 2.97. The van der Waals surface area contributed by atoms with E-state index in [0.717, 1.165) is 12.1 Å². The molecule has 0 aliphatic heterocycles. The van der Waals surface area contributed by atoms with E-state index in [0.29, 0.717) is 5.56 Å². The van der Waals surface area contributed by atoms with Crippen molar-refractivity contribution >= 4 is 18.0 Å². The molecule has 0 saturated carbocycles. The molecule has 0 fully saturated rings. The monoisotopic (exact) mass is 224 g/mol. The van der Waals surface area contributed by atoms with Gasteiger partial charge in [0.15, 0.2) is 0 Å². The predicted molar refractivity (Wildman–Crippen MR) is 54.4 cm³/mol. The van der Waals surface area contributed by atoms with Gasteiger partial charge in [-0.05, 0) is 29.3 Å². The van der Waals surface area contributed by atoms with Crippen molar-refractivity contribution in [2.75, 3.05) is 0 Å². The molecule has 0 heterocycles. The fourth-order valence-electron chi connectivity index (χ4n) is 1.16. The first kappa shape index (κ1) is 11.9. The lowest BCUT2D eigenvalue weighted by molar-refractivity contribution is -0.136. The highest BCUT2D eigenvalue weighted by atomic mass is 19.1. The van der Waals surface area contributed by atoms with Crippen LogP contribution in [0.3, 0.4) is 0 Å². The van der Waals surface area contributed by atoms with Crippen molar-refractivity contribution in [2.24, 2.45) is 0 Å². The van der Waals surface area contributed by atoms with Crippen LogP contribution in [0.4, 0.5) is 4.39 Å². The summed E-state index contributed by atoms with van der Waals surface area (Å²) in [4.78, 5) is 20.7. The number of halogens is 1. The molecule has 1 aromatic rings. The topological polar surface area (TPSA) is 74.6 Å². The molecule has 0 bridgehead atoms. The van der Waals surface area contributed by atoms with Gasteiger partial charge in [-0.25, -0.2) is 9.18 Å². The van der Waals surface area contributed by atoms with Crippen LogP contribution in [0.1, 0.15) is 11.1 Å². The molecule has 84 valence electrons. The second-order valence-corrected chi connectivity index (χ2v) is 3.09. The van der Waals surface area contributed by atoms with E-state index >= 15 is 0 Å². The zero-order valence-electron chi connectivity index (χ0n) is 8.18. The van der Waals surface area contributed by atoms with Crippen molar-refractivity contribution in [3.8, 4) is 0 Å². The largest absolute Gasteiger partial charge is 0.481 e. The van der Waals surface area contributed by atoms with Crippen molar-refractivity contribution in [3.63, 3.8) is 0 Å². The Morgan fingerprint density at radius 1 is 1.31 bits per heavy atom. The molecule has 0 amide bonds. The van der Waals surface area contributed by atoms with Crippen LogP contribution in [0.15, 0.2) is 24.3 Å². The molecule has 5 heteroatoms. The molecule has 0 aliphatic rings. The highest BCUT2D eigenvalue weighted by molar-refractivity contribution is 5.85. The zero-order chi connectivity index (χ0) is 12.1. The molecular weight excluding hydrogens is 215 g/mol. The Morgan fingerprint density at radius 3 is 2.56 bits per heavy atom. The van der Waals surface area contributed by atoms with Gasteiger partial charge in [0.05, 0.1) is 6.42 Å². The Hall–Kier alpha value is -2.17. The van der Waals surface area contributed by atoms with E-state index in [-0.39, 0.29) is 5.56 Å². The highest BCUT2D eigenvalue weighted by Crippen LogP contribution is 2.12.